The Morgan fingerprint density at radius 1 is 1.08 bits per heavy atom. The number of nitrogens with zero attached hydrogens (tertiary/aromatic N) is 3. The maximum atomic E-state index is 13.0. The van der Waals surface area contributed by atoms with E-state index in [1.165, 1.54) is 17.8 Å². The van der Waals surface area contributed by atoms with Crippen molar-refractivity contribution >= 4 is 64.1 Å². The molecule has 2 amide bonds. The standard InChI is InChI=1S/C25H28Cl3N5O2S/c1-5-33-23(21(11-14(2)3)30-24(35)17-10-9-16(26)12-19(17)28)31-32-25(33)36-13-22(34)29-20-8-6-7-18(27)15(20)4/h6-10,12,14,21H,5,11,13H2,1-4H3,(H,29,34)(H,30,35)/t21-/m1/s1. The molecule has 0 aliphatic rings. The predicted molar refractivity (Wildman–Crippen MR) is 147 cm³/mol. The molecule has 0 aliphatic heterocycles. The largest absolute Gasteiger partial charge is 0.342 e. The van der Waals surface area contributed by atoms with Crippen molar-refractivity contribution in [2.24, 2.45) is 5.92 Å². The quantitative estimate of drug-likeness (QED) is 0.262. The molecule has 0 bridgehead atoms. The molecule has 7 nitrogen and oxygen atoms in total. The van der Waals surface area contributed by atoms with Crippen molar-refractivity contribution < 1.29 is 9.59 Å². The van der Waals surface area contributed by atoms with Crippen LogP contribution in [0.25, 0.3) is 0 Å². The van der Waals surface area contributed by atoms with Crippen LogP contribution in [0.5, 0.6) is 0 Å². The fourth-order valence-electron chi connectivity index (χ4n) is 3.63. The summed E-state index contributed by atoms with van der Waals surface area (Å²) in [5.41, 5.74) is 1.82. The molecule has 1 atom stereocenters. The van der Waals surface area contributed by atoms with Crippen LogP contribution in [-0.2, 0) is 11.3 Å². The number of carbonyl (C=O) groups is 2. The summed E-state index contributed by atoms with van der Waals surface area (Å²) in [4.78, 5) is 25.6. The van der Waals surface area contributed by atoms with E-state index in [0.717, 1.165) is 5.56 Å². The van der Waals surface area contributed by atoms with Crippen LogP contribution in [0.3, 0.4) is 0 Å². The van der Waals surface area contributed by atoms with Gasteiger partial charge in [0.25, 0.3) is 5.91 Å². The van der Waals surface area contributed by atoms with Gasteiger partial charge in [-0.15, -0.1) is 10.2 Å². The van der Waals surface area contributed by atoms with Crippen LogP contribution in [0.1, 0.15) is 55.0 Å². The first-order chi connectivity index (χ1) is 17.1. The highest BCUT2D eigenvalue weighted by Gasteiger charge is 2.25. The zero-order valence-corrected chi connectivity index (χ0v) is 23.5. The lowest BCUT2D eigenvalue weighted by Gasteiger charge is -2.21. The van der Waals surface area contributed by atoms with E-state index in [4.69, 9.17) is 34.8 Å². The molecular formula is C25H28Cl3N5O2S. The van der Waals surface area contributed by atoms with Crippen LogP contribution >= 0.6 is 46.6 Å². The lowest BCUT2D eigenvalue weighted by molar-refractivity contribution is -0.113. The van der Waals surface area contributed by atoms with Gasteiger partial charge in [-0.25, -0.2) is 0 Å². The van der Waals surface area contributed by atoms with E-state index >= 15 is 0 Å². The van der Waals surface area contributed by atoms with E-state index in [-0.39, 0.29) is 28.5 Å². The first-order valence-electron chi connectivity index (χ1n) is 11.5. The van der Waals surface area contributed by atoms with E-state index in [9.17, 15) is 9.59 Å². The smallest absolute Gasteiger partial charge is 0.253 e. The summed E-state index contributed by atoms with van der Waals surface area (Å²) in [6, 6.07) is 9.74. The van der Waals surface area contributed by atoms with E-state index in [0.29, 0.717) is 45.2 Å². The van der Waals surface area contributed by atoms with Crippen molar-refractivity contribution in [1.29, 1.82) is 0 Å². The lowest BCUT2D eigenvalue weighted by atomic mass is 10.0. The fourth-order valence-corrected chi connectivity index (χ4v) is 5.11. The zero-order chi connectivity index (χ0) is 26.4. The Labute approximate surface area is 230 Å². The Balaban J connectivity index is 1.76. The molecule has 192 valence electrons. The molecule has 2 N–H and O–H groups in total. The number of rotatable bonds is 10. The highest BCUT2D eigenvalue weighted by molar-refractivity contribution is 7.99. The van der Waals surface area contributed by atoms with Gasteiger partial charge in [0.2, 0.25) is 5.91 Å². The van der Waals surface area contributed by atoms with Crippen LogP contribution in [0, 0.1) is 12.8 Å². The molecule has 36 heavy (non-hydrogen) atoms. The van der Waals surface area contributed by atoms with Crippen molar-refractivity contribution in [1.82, 2.24) is 20.1 Å². The van der Waals surface area contributed by atoms with Gasteiger partial charge >= 0.3 is 0 Å². The van der Waals surface area contributed by atoms with Crippen LogP contribution in [0.15, 0.2) is 41.6 Å². The summed E-state index contributed by atoms with van der Waals surface area (Å²) in [6.07, 6.45) is 0.647. The molecule has 0 saturated carbocycles. The monoisotopic (exact) mass is 567 g/mol. The van der Waals surface area contributed by atoms with Gasteiger partial charge in [-0.1, -0.05) is 66.5 Å². The molecule has 1 aromatic heterocycles. The highest BCUT2D eigenvalue weighted by Crippen LogP contribution is 2.28. The van der Waals surface area contributed by atoms with Gasteiger partial charge in [-0.05, 0) is 62.1 Å². The topological polar surface area (TPSA) is 88.9 Å². The average Bonchev–Trinajstić information content (AvgIpc) is 3.22. The summed E-state index contributed by atoms with van der Waals surface area (Å²) in [5.74, 6) is 0.547. The molecular weight excluding hydrogens is 541 g/mol. The Hall–Kier alpha value is -2.26. The lowest BCUT2D eigenvalue weighted by Crippen LogP contribution is -2.32. The molecule has 0 saturated heterocycles. The molecule has 0 unspecified atom stereocenters. The van der Waals surface area contributed by atoms with Crippen LogP contribution < -0.4 is 10.6 Å². The van der Waals surface area contributed by atoms with Crippen molar-refractivity contribution in [3.8, 4) is 0 Å². The third-order valence-electron chi connectivity index (χ3n) is 5.44. The van der Waals surface area contributed by atoms with E-state index < -0.39 is 6.04 Å². The molecule has 3 rings (SSSR count). The predicted octanol–water partition coefficient (Wildman–Crippen LogP) is 6.81. The Kier molecular flexibility index (Phi) is 10.1. The van der Waals surface area contributed by atoms with E-state index in [2.05, 4.69) is 34.7 Å². The number of amides is 2. The second kappa shape index (κ2) is 12.8. The number of benzene rings is 2. The van der Waals surface area contributed by atoms with Gasteiger partial charge in [0.05, 0.1) is 22.4 Å². The van der Waals surface area contributed by atoms with Gasteiger partial charge < -0.3 is 15.2 Å². The number of aromatic nitrogens is 3. The SMILES string of the molecule is CCn1c(SCC(=O)Nc2cccc(Cl)c2C)nnc1[C@@H](CC(C)C)NC(=O)c1ccc(Cl)cc1Cl. The number of carbonyl (C=O) groups excluding carboxylic acids is 2. The van der Waals surface area contributed by atoms with Crippen LogP contribution in [0.2, 0.25) is 15.1 Å². The molecule has 1 heterocycles. The zero-order valence-electron chi connectivity index (χ0n) is 20.4. The van der Waals surface area contributed by atoms with Gasteiger partial charge in [-0.3, -0.25) is 9.59 Å². The Bertz CT molecular complexity index is 1250. The number of hydrogen-bond donors (Lipinski definition) is 2. The second-order valence-corrected chi connectivity index (χ2v) is 10.8. The Morgan fingerprint density at radius 2 is 1.83 bits per heavy atom. The number of halogens is 3. The number of anilines is 1. The van der Waals surface area contributed by atoms with Crippen LogP contribution in [0.4, 0.5) is 5.69 Å². The molecule has 0 aliphatic carbocycles. The number of nitrogens with one attached hydrogen (secondary N) is 2. The number of thioether (sulfide) groups is 1. The minimum Gasteiger partial charge on any atom is -0.342 e. The van der Waals surface area contributed by atoms with Crippen molar-refractivity contribution in [3.63, 3.8) is 0 Å². The summed E-state index contributed by atoms with van der Waals surface area (Å²) < 4.78 is 1.92. The number of hydrogen-bond acceptors (Lipinski definition) is 5. The van der Waals surface area contributed by atoms with Crippen LogP contribution in [-0.4, -0.2) is 32.3 Å². The normalized spacial score (nSPS) is 12.0. The first kappa shape index (κ1) is 28.3. The van der Waals surface area contributed by atoms with E-state index in [1.54, 1.807) is 24.3 Å². The molecule has 0 spiro atoms. The Morgan fingerprint density at radius 3 is 2.50 bits per heavy atom. The van der Waals surface area contributed by atoms with Gasteiger partial charge in [0.15, 0.2) is 11.0 Å². The third-order valence-corrected chi connectivity index (χ3v) is 7.36. The summed E-state index contributed by atoms with van der Waals surface area (Å²) >= 11 is 19.6. The second-order valence-electron chi connectivity index (χ2n) is 8.61. The molecule has 3 aromatic rings. The fraction of sp³-hybridized carbons (Fsp3) is 0.360. The molecule has 0 fully saturated rings. The highest BCUT2D eigenvalue weighted by atomic mass is 35.5. The van der Waals surface area contributed by atoms with Crippen molar-refractivity contribution in [2.45, 2.75) is 51.9 Å². The minimum atomic E-state index is -0.394. The van der Waals surface area contributed by atoms with Crippen molar-refractivity contribution in [2.75, 3.05) is 11.1 Å². The third kappa shape index (κ3) is 7.16. The maximum Gasteiger partial charge on any atom is 0.253 e. The maximum absolute atomic E-state index is 13.0. The first-order valence-corrected chi connectivity index (χ1v) is 13.6. The molecule has 11 heteroatoms. The summed E-state index contributed by atoms with van der Waals surface area (Å²) in [6.45, 7) is 8.53. The molecule has 0 radical (unpaired) electrons. The van der Waals surface area contributed by atoms with Gasteiger partial charge in [0.1, 0.15) is 0 Å². The minimum absolute atomic E-state index is 0.145. The van der Waals surface area contributed by atoms with E-state index in [1.807, 2.05) is 24.5 Å². The van der Waals surface area contributed by atoms with Crippen molar-refractivity contribution in [3.05, 3.63) is 68.4 Å². The summed E-state index contributed by atoms with van der Waals surface area (Å²) in [5, 5.41) is 16.6. The average molecular weight is 569 g/mol. The van der Waals surface area contributed by atoms with Gasteiger partial charge in [0, 0.05) is 22.3 Å². The summed E-state index contributed by atoms with van der Waals surface area (Å²) in [7, 11) is 0. The van der Waals surface area contributed by atoms with Gasteiger partial charge in [-0.2, -0.15) is 0 Å². The molecule has 2 aromatic carbocycles.